The van der Waals surface area contributed by atoms with Crippen molar-refractivity contribution in [1.29, 1.82) is 0 Å². The minimum Gasteiger partial charge on any atom is -0.478 e. The summed E-state index contributed by atoms with van der Waals surface area (Å²) in [7, 11) is 0. The van der Waals surface area contributed by atoms with Gasteiger partial charge in [-0.15, -0.1) is 0 Å². The Morgan fingerprint density at radius 2 is 1.67 bits per heavy atom. The summed E-state index contributed by atoms with van der Waals surface area (Å²) >= 11 is 0. The van der Waals surface area contributed by atoms with Crippen molar-refractivity contribution >= 4 is 11.7 Å². The molecule has 0 amide bonds. The first-order valence-corrected chi connectivity index (χ1v) is 8.54. The van der Waals surface area contributed by atoms with Crippen molar-refractivity contribution in [3.8, 4) is 11.5 Å². The Balaban J connectivity index is 2.08. The normalized spacial score (nSPS) is 11.2. The molecule has 0 saturated carbocycles. The molecule has 156 valence electrons. The number of aromatic carboxylic acids is 1. The molecule has 0 heterocycles. The summed E-state index contributed by atoms with van der Waals surface area (Å²) in [6.07, 6.45) is -4.95. The van der Waals surface area contributed by atoms with E-state index in [4.69, 9.17) is 4.74 Å². The quantitative estimate of drug-likeness (QED) is 0.472. The molecule has 0 atom stereocenters. The Morgan fingerprint density at radius 1 is 1.00 bits per heavy atom. The van der Waals surface area contributed by atoms with Gasteiger partial charge in [-0.25, -0.2) is 13.6 Å². The van der Waals surface area contributed by atoms with E-state index >= 15 is 0 Å². The van der Waals surface area contributed by atoms with Crippen LogP contribution in [0.4, 0.5) is 27.6 Å². The Bertz CT molecular complexity index is 1070. The highest BCUT2D eigenvalue weighted by Gasteiger charge is 2.37. The lowest BCUT2D eigenvalue weighted by atomic mass is 10.1. The van der Waals surface area contributed by atoms with Crippen LogP contribution in [-0.4, -0.2) is 11.1 Å². The van der Waals surface area contributed by atoms with Gasteiger partial charge < -0.3 is 15.2 Å². The summed E-state index contributed by atoms with van der Waals surface area (Å²) in [5, 5.41) is 11.8. The van der Waals surface area contributed by atoms with Gasteiger partial charge in [0, 0.05) is 12.1 Å². The number of hydrogen-bond donors (Lipinski definition) is 2. The maximum absolute atomic E-state index is 13.9. The van der Waals surface area contributed by atoms with Gasteiger partial charge in [-0.1, -0.05) is 18.2 Å². The lowest BCUT2D eigenvalue weighted by Gasteiger charge is -2.19. The monoisotopic (exact) mass is 423 g/mol. The molecule has 0 spiro atoms. The molecule has 0 radical (unpaired) electrons. The molecule has 3 rings (SSSR count). The fourth-order valence-corrected chi connectivity index (χ4v) is 2.66. The number of benzene rings is 3. The molecule has 2 N–H and O–H groups in total. The fraction of sp³-hybridized carbons (Fsp3) is 0.0952. The average Bonchev–Trinajstić information content (AvgIpc) is 2.68. The number of hydrogen-bond acceptors (Lipinski definition) is 3. The maximum Gasteiger partial charge on any atom is 0.420 e. The highest BCUT2D eigenvalue weighted by Crippen LogP contribution is 2.43. The van der Waals surface area contributed by atoms with E-state index in [0.717, 1.165) is 30.3 Å². The standard InChI is InChI=1S/C21H14F5NO3/c22-14-5-7-15(8-6-14)30-19-16(21(24,25)26)9-13(20(28)29)10-18(19)27-11-12-3-1-2-4-17(12)23/h1-10,27H,11H2,(H,28,29). The zero-order chi connectivity index (χ0) is 21.9. The van der Waals surface area contributed by atoms with Gasteiger partial charge in [-0.2, -0.15) is 13.2 Å². The van der Waals surface area contributed by atoms with E-state index in [-0.39, 0.29) is 23.5 Å². The number of ether oxygens (including phenoxy) is 1. The Labute approximate surface area is 167 Å². The second-order valence-electron chi connectivity index (χ2n) is 6.20. The number of carboxylic acid groups (broad SMARTS) is 1. The summed E-state index contributed by atoms with van der Waals surface area (Å²) < 4.78 is 73.3. The third-order valence-electron chi connectivity index (χ3n) is 4.10. The Hall–Kier alpha value is -3.62. The van der Waals surface area contributed by atoms with Gasteiger partial charge in [0.1, 0.15) is 22.9 Å². The number of rotatable bonds is 6. The summed E-state index contributed by atoms with van der Waals surface area (Å²) in [5.74, 6) is -3.59. The van der Waals surface area contributed by atoms with Crippen molar-refractivity contribution in [2.24, 2.45) is 0 Å². The first-order valence-electron chi connectivity index (χ1n) is 8.54. The predicted molar refractivity (Wildman–Crippen MR) is 98.6 cm³/mol. The van der Waals surface area contributed by atoms with Crippen LogP contribution in [0.5, 0.6) is 11.5 Å². The number of alkyl halides is 3. The van der Waals surface area contributed by atoms with Gasteiger partial charge in [0.05, 0.1) is 11.3 Å². The van der Waals surface area contributed by atoms with Crippen molar-refractivity contribution in [3.05, 3.63) is 89.0 Å². The van der Waals surface area contributed by atoms with Gasteiger partial charge in [-0.3, -0.25) is 0 Å². The van der Waals surface area contributed by atoms with Crippen molar-refractivity contribution in [2.45, 2.75) is 12.7 Å². The lowest BCUT2D eigenvalue weighted by molar-refractivity contribution is -0.138. The van der Waals surface area contributed by atoms with E-state index in [9.17, 15) is 31.9 Å². The van der Waals surface area contributed by atoms with Crippen LogP contribution < -0.4 is 10.1 Å². The van der Waals surface area contributed by atoms with Crippen LogP contribution in [0.2, 0.25) is 0 Å². The molecule has 30 heavy (non-hydrogen) atoms. The van der Waals surface area contributed by atoms with Crippen molar-refractivity contribution < 1.29 is 36.6 Å². The number of nitrogens with one attached hydrogen (secondary N) is 1. The summed E-state index contributed by atoms with van der Waals surface area (Å²) in [6.45, 7) is -0.229. The molecule has 9 heteroatoms. The van der Waals surface area contributed by atoms with E-state index < -0.39 is 40.7 Å². The SMILES string of the molecule is O=C(O)c1cc(NCc2ccccc2F)c(Oc2ccc(F)cc2)c(C(F)(F)F)c1. The molecule has 4 nitrogen and oxygen atoms in total. The highest BCUT2D eigenvalue weighted by molar-refractivity contribution is 5.90. The van der Waals surface area contributed by atoms with Gasteiger partial charge >= 0.3 is 12.1 Å². The molecule has 3 aromatic carbocycles. The third-order valence-corrected chi connectivity index (χ3v) is 4.10. The maximum atomic E-state index is 13.9. The highest BCUT2D eigenvalue weighted by atomic mass is 19.4. The number of halogens is 5. The molecule has 0 aliphatic carbocycles. The zero-order valence-electron chi connectivity index (χ0n) is 15.1. The number of carboxylic acids is 1. The second kappa shape index (κ2) is 8.40. The van der Waals surface area contributed by atoms with E-state index in [1.54, 1.807) is 6.07 Å². The summed E-state index contributed by atoms with van der Waals surface area (Å²) in [4.78, 5) is 11.3. The molecule has 0 bridgehead atoms. The number of anilines is 1. The first-order chi connectivity index (χ1) is 14.1. The van der Waals surface area contributed by atoms with Gasteiger partial charge in [0.25, 0.3) is 0 Å². The third kappa shape index (κ3) is 4.86. The van der Waals surface area contributed by atoms with E-state index in [0.29, 0.717) is 6.07 Å². The van der Waals surface area contributed by atoms with Crippen molar-refractivity contribution in [1.82, 2.24) is 0 Å². The van der Waals surface area contributed by atoms with Gasteiger partial charge in [-0.05, 0) is 42.5 Å². The molecular weight excluding hydrogens is 409 g/mol. The molecule has 0 aromatic heterocycles. The van der Waals surface area contributed by atoms with Crippen LogP contribution in [0.3, 0.4) is 0 Å². The molecule has 0 saturated heterocycles. The van der Waals surface area contributed by atoms with Crippen LogP contribution in [-0.2, 0) is 12.7 Å². The smallest absolute Gasteiger partial charge is 0.420 e. The van der Waals surface area contributed by atoms with Crippen LogP contribution in [0, 0.1) is 11.6 Å². The molecule has 0 unspecified atom stereocenters. The Kier molecular flexibility index (Phi) is 5.91. The predicted octanol–water partition coefficient (Wildman–Crippen LogP) is 6.09. The lowest BCUT2D eigenvalue weighted by Crippen LogP contribution is -2.13. The van der Waals surface area contributed by atoms with Crippen LogP contribution in [0.15, 0.2) is 60.7 Å². The fourth-order valence-electron chi connectivity index (χ4n) is 2.66. The summed E-state index contributed by atoms with van der Waals surface area (Å²) in [5.41, 5.74) is -2.14. The zero-order valence-corrected chi connectivity index (χ0v) is 15.1. The van der Waals surface area contributed by atoms with Gasteiger partial charge in [0.2, 0.25) is 0 Å². The molecular formula is C21H14F5NO3. The molecule has 0 aliphatic heterocycles. The second-order valence-corrected chi connectivity index (χ2v) is 6.20. The van der Waals surface area contributed by atoms with Crippen LogP contribution in [0.25, 0.3) is 0 Å². The van der Waals surface area contributed by atoms with Crippen molar-refractivity contribution in [3.63, 3.8) is 0 Å². The largest absolute Gasteiger partial charge is 0.478 e. The minimum absolute atomic E-state index is 0.0982. The molecule has 3 aromatic rings. The van der Waals surface area contributed by atoms with Gasteiger partial charge in [0.15, 0.2) is 5.75 Å². The molecule has 0 fully saturated rings. The van der Waals surface area contributed by atoms with E-state index in [2.05, 4.69) is 5.32 Å². The Morgan fingerprint density at radius 3 is 2.27 bits per heavy atom. The average molecular weight is 423 g/mol. The minimum atomic E-state index is -4.95. The van der Waals surface area contributed by atoms with E-state index in [1.165, 1.54) is 18.2 Å². The van der Waals surface area contributed by atoms with E-state index in [1.807, 2.05) is 0 Å². The summed E-state index contributed by atoms with van der Waals surface area (Å²) in [6, 6.07) is 11.3. The van der Waals surface area contributed by atoms with Crippen LogP contribution in [0.1, 0.15) is 21.5 Å². The first kappa shape index (κ1) is 21.1. The van der Waals surface area contributed by atoms with Crippen molar-refractivity contribution in [2.75, 3.05) is 5.32 Å². The topological polar surface area (TPSA) is 58.6 Å². The number of carbonyl (C=O) groups is 1. The van der Waals surface area contributed by atoms with Crippen LogP contribution >= 0.6 is 0 Å². The molecule has 0 aliphatic rings.